The Morgan fingerprint density at radius 3 is 2.85 bits per heavy atom. The topological polar surface area (TPSA) is 84.7 Å². The summed E-state index contributed by atoms with van der Waals surface area (Å²) in [6.07, 6.45) is 3.16. The van der Waals surface area contributed by atoms with E-state index in [2.05, 4.69) is 4.98 Å². The zero-order chi connectivity index (χ0) is 18.6. The molecule has 1 saturated heterocycles. The Hall–Kier alpha value is -2.83. The highest BCUT2D eigenvalue weighted by atomic mass is 16.6. The number of ether oxygens (including phenoxy) is 1. The van der Waals surface area contributed by atoms with Crippen LogP contribution in [-0.4, -0.2) is 43.6 Å². The van der Waals surface area contributed by atoms with Gasteiger partial charge >= 0.3 is 5.97 Å². The standard InChI is InChI=1S/C19H21N3O4/c1-19(2,3)26-18(25)15-16-14-5-4-8-21(14)17(24)12-9-11(23)6-7-13(12)22(16)10-20-15/h6-7,9-10,14,23H,4-5,8H2,1-3H3/t14-/m0/s1. The van der Waals surface area contributed by atoms with Gasteiger partial charge in [-0.05, 0) is 51.8 Å². The van der Waals surface area contributed by atoms with Gasteiger partial charge in [-0.1, -0.05) is 0 Å². The average Bonchev–Trinajstić information content (AvgIpc) is 3.17. The first kappa shape index (κ1) is 16.6. The van der Waals surface area contributed by atoms with Crippen LogP contribution in [0.1, 0.15) is 66.2 Å². The highest BCUT2D eigenvalue weighted by molar-refractivity contribution is 6.00. The molecule has 0 spiro atoms. The molecule has 1 fully saturated rings. The third-order valence-corrected chi connectivity index (χ3v) is 4.70. The molecule has 136 valence electrons. The monoisotopic (exact) mass is 355 g/mol. The van der Waals surface area contributed by atoms with Crippen molar-refractivity contribution in [2.75, 3.05) is 6.54 Å². The second-order valence-corrected chi connectivity index (χ2v) is 7.71. The molecule has 2 aromatic rings. The number of esters is 1. The first-order valence-corrected chi connectivity index (χ1v) is 8.71. The van der Waals surface area contributed by atoms with Crippen LogP contribution < -0.4 is 0 Å². The Kier molecular flexibility index (Phi) is 3.57. The van der Waals surface area contributed by atoms with Crippen LogP contribution >= 0.6 is 0 Å². The molecule has 0 bridgehead atoms. The van der Waals surface area contributed by atoms with Crippen molar-refractivity contribution in [3.8, 4) is 11.4 Å². The maximum atomic E-state index is 13.0. The lowest BCUT2D eigenvalue weighted by atomic mass is 10.1. The number of hydrogen-bond donors (Lipinski definition) is 1. The van der Waals surface area contributed by atoms with Crippen LogP contribution in [0.15, 0.2) is 24.5 Å². The minimum Gasteiger partial charge on any atom is -0.508 e. The van der Waals surface area contributed by atoms with E-state index in [4.69, 9.17) is 4.74 Å². The van der Waals surface area contributed by atoms with Crippen LogP contribution in [0, 0.1) is 0 Å². The summed E-state index contributed by atoms with van der Waals surface area (Å²) >= 11 is 0. The van der Waals surface area contributed by atoms with E-state index < -0.39 is 11.6 Å². The van der Waals surface area contributed by atoms with Gasteiger partial charge in [0.15, 0.2) is 5.69 Å². The normalized spacial score (nSPS) is 18.8. The molecule has 1 N–H and O–H groups in total. The van der Waals surface area contributed by atoms with Gasteiger partial charge < -0.3 is 14.7 Å². The maximum Gasteiger partial charge on any atom is 0.359 e. The Balaban J connectivity index is 1.91. The van der Waals surface area contributed by atoms with Crippen molar-refractivity contribution in [1.82, 2.24) is 14.5 Å². The van der Waals surface area contributed by atoms with Gasteiger partial charge in [0.25, 0.3) is 5.91 Å². The van der Waals surface area contributed by atoms with Crippen LogP contribution in [0.5, 0.6) is 5.75 Å². The van der Waals surface area contributed by atoms with E-state index in [1.807, 2.05) is 20.8 Å². The van der Waals surface area contributed by atoms with Gasteiger partial charge in [0.2, 0.25) is 0 Å². The molecule has 0 radical (unpaired) electrons. The lowest BCUT2D eigenvalue weighted by Crippen LogP contribution is -2.31. The van der Waals surface area contributed by atoms with E-state index in [-0.39, 0.29) is 23.4 Å². The zero-order valence-electron chi connectivity index (χ0n) is 15.0. The SMILES string of the molecule is CC(C)(C)OC(=O)c1ncn2c1[C@@H]1CCCN1C(=O)c1cc(O)ccc1-2. The van der Waals surface area contributed by atoms with Crippen LogP contribution in [0.25, 0.3) is 5.69 Å². The molecule has 0 unspecified atom stereocenters. The third-order valence-electron chi connectivity index (χ3n) is 4.70. The summed E-state index contributed by atoms with van der Waals surface area (Å²) in [7, 11) is 0. The highest BCUT2D eigenvalue weighted by Gasteiger charge is 2.40. The second-order valence-electron chi connectivity index (χ2n) is 7.71. The van der Waals surface area contributed by atoms with E-state index in [1.165, 1.54) is 12.1 Å². The lowest BCUT2D eigenvalue weighted by molar-refractivity contribution is 0.00595. The summed E-state index contributed by atoms with van der Waals surface area (Å²) < 4.78 is 7.29. The number of hydrogen-bond acceptors (Lipinski definition) is 5. The quantitative estimate of drug-likeness (QED) is 0.795. The number of fused-ring (bicyclic) bond motifs is 5. The van der Waals surface area contributed by atoms with Gasteiger partial charge in [0, 0.05) is 6.54 Å². The van der Waals surface area contributed by atoms with E-state index in [0.717, 1.165) is 12.8 Å². The van der Waals surface area contributed by atoms with Crippen molar-refractivity contribution in [3.63, 3.8) is 0 Å². The van der Waals surface area contributed by atoms with Gasteiger partial charge in [0.05, 0.1) is 23.0 Å². The first-order chi connectivity index (χ1) is 12.3. The Morgan fingerprint density at radius 1 is 1.35 bits per heavy atom. The van der Waals surface area contributed by atoms with Crippen LogP contribution in [0.4, 0.5) is 0 Å². The molecular weight excluding hydrogens is 334 g/mol. The van der Waals surface area contributed by atoms with Gasteiger partial charge in [-0.25, -0.2) is 9.78 Å². The largest absolute Gasteiger partial charge is 0.508 e. The molecule has 1 amide bonds. The molecule has 4 rings (SSSR count). The molecule has 1 aromatic carbocycles. The van der Waals surface area contributed by atoms with Gasteiger partial charge in [-0.15, -0.1) is 0 Å². The van der Waals surface area contributed by atoms with E-state index >= 15 is 0 Å². The molecule has 0 saturated carbocycles. The summed E-state index contributed by atoms with van der Waals surface area (Å²) in [6.45, 7) is 6.03. The number of nitrogens with zero attached hydrogens (tertiary/aromatic N) is 3. The molecule has 7 heteroatoms. The summed E-state index contributed by atoms with van der Waals surface area (Å²) in [6, 6.07) is 4.44. The Morgan fingerprint density at radius 2 is 2.12 bits per heavy atom. The number of rotatable bonds is 1. The summed E-state index contributed by atoms with van der Waals surface area (Å²) in [5.41, 5.74) is 1.30. The third kappa shape index (κ3) is 2.55. The van der Waals surface area contributed by atoms with Crippen molar-refractivity contribution >= 4 is 11.9 Å². The number of imidazole rings is 1. The number of phenols is 1. The van der Waals surface area contributed by atoms with Gasteiger partial charge in [-0.3, -0.25) is 9.36 Å². The van der Waals surface area contributed by atoms with Crippen LogP contribution in [0.2, 0.25) is 0 Å². The van der Waals surface area contributed by atoms with E-state index in [9.17, 15) is 14.7 Å². The number of carbonyl (C=O) groups is 2. The predicted molar refractivity (Wildman–Crippen MR) is 93.4 cm³/mol. The van der Waals surface area contributed by atoms with Crippen molar-refractivity contribution < 1.29 is 19.4 Å². The number of aromatic nitrogens is 2. The smallest absolute Gasteiger partial charge is 0.359 e. The molecule has 2 aliphatic heterocycles. The fourth-order valence-electron chi connectivity index (χ4n) is 3.71. The van der Waals surface area contributed by atoms with Crippen molar-refractivity contribution in [2.45, 2.75) is 45.3 Å². The van der Waals surface area contributed by atoms with Crippen molar-refractivity contribution in [1.29, 1.82) is 0 Å². The number of carbonyl (C=O) groups excluding carboxylic acids is 2. The van der Waals surface area contributed by atoms with Gasteiger partial charge in [-0.2, -0.15) is 0 Å². The van der Waals surface area contributed by atoms with Crippen molar-refractivity contribution in [3.05, 3.63) is 41.5 Å². The van der Waals surface area contributed by atoms with Gasteiger partial charge in [0.1, 0.15) is 17.7 Å². The Labute approximate surface area is 151 Å². The summed E-state index contributed by atoms with van der Waals surface area (Å²) in [5, 5.41) is 9.84. The minimum atomic E-state index is -0.632. The molecule has 26 heavy (non-hydrogen) atoms. The first-order valence-electron chi connectivity index (χ1n) is 8.71. The number of phenolic OH excluding ortho intramolecular Hbond substituents is 1. The van der Waals surface area contributed by atoms with E-state index in [1.54, 1.807) is 21.9 Å². The minimum absolute atomic E-state index is 0.0313. The zero-order valence-corrected chi connectivity index (χ0v) is 15.0. The highest BCUT2D eigenvalue weighted by Crippen LogP contribution is 2.40. The molecule has 2 aliphatic rings. The fraction of sp³-hybridized carbons (Fsp3) is 0.421. The number of amides is 1. The molecule has 0 aliphatic carbocycles. The lowest BCUT2D eigenvalue weighted by Gasteiger charge is -2.24. The van der Waals surface area contributed by atoms with Crippen LogP contribution in [-0.2, 0) is 4.74 Å². The number of aromatic hydroxyl groups is 1. The molecule has 1 aromatic heterocycles. The van der Waals surface area contributed by atoms with E-state index in [0.29, 0.717) is 23.5 Å². The Bertz CT molecular complexity index is 910. The molecular formula is C19H21N3O4. The average molecular weight is 355 g/mol. The summed E-state index contributed by atoms with van der Waals surface area (Å²) in [5.74, 6) is -0.603. The van der Waals surface area contributed by atoms with Crippen molar-refractivity contribution in [2.24, 2.45) is 0 Å². The second kappa shape index (κ2) is 5.59. The fourth-order valence-corrected chi connectivity index (χ4v) is 3.71. The summed E-state index contributed by atoms with van der Waals surface area (Å²) in [4.78, 5) is 31.8. The number of benzene rings is 1. The molecule has 7 nitrogen and oxygen atoms in total. The molecule has 3 heterocycles. The molecule has 1 atom stereocenters. The predicted octanol–water partition coefficient (Wildman–Crippen LogP) is 2.82. The maximum absolute atomic E-state index is 13.0. The van der Waals surface area contributed by atoms with Crippen LogP contribution in [0.3, 0.4) is 0 Å².